The van der Waals surface area contributed by atoms with Crippen molar-refractivity contribution < 1.29 is 14.6 Å². The lowest BCUT2D eigenvalue weighted by molar-refractivity contribution is 0.218. The minimum absolute atomic E-state index is 0.580. The molecule has 0 fully saturated rings. The lowest BCUT2D eigenvalue weighted by Crippen LogP contribution is -2.03. The zero-order chi connectivity index (χ0) is 15.6. The minimum Gasteiger partial charge on any atom is -0.493 e. The molecule has 2 aromatic carbocycles. The molecule has 0 heterocycles. The van der Waals surface area contributed by atoms with Gasteiger partial charge < -0.3 is 14.6 Å². The maximum absolute atomic E-state index is 10.7. The number of hydrogen-bond acceptors (Lipinski definition) is 3. The Kier molecular flexibility index (Phi) is 5.93. The van der Waals surface area contributed by atoms with Gasteiger partial charge in [-0.15, -0.1) is 0 Å². The van der Waals surface area contributed by atoms with E-state index in [2.05, 4.69) is 54.5 Å². The first-order chi connectivity index (χ1) is 9.97. The highest BCUT2D eigenvalue weighted by atomic mass is 127. The van der Waals surface area contributed by atoms with Crippen molar-refractivity contribution in [3.05, 3.63) is 54.0 Å². The van der Waals surface area contributed by atoms with Gasteiger partial charge in [-0.2, -0.15) is 0 Å². The van der Waals surface area contributed by atoms with Crippen molar-refractivity contribution in [2.75, 3.05) is 14.2 Å². The molecule has 2 aromatic rings. The van der Waals surface area contributed by atoms with E-state index < -0.39 is 6.10 Å². The summed E-state index contributed by atoms with van der Waals surface area (Å²) in [4.78, 5) is 0. The van der Waals surface area contributed by atoms with Gasteiger partial charge in [-0.05, 0) is 52.9 Å². The zero-order valence-corrected chi connectivity index (χ0v) is 16.7. The van der Waals surface area contributed by atoms with Crippen LogP contribution in [0.2, 0.25) is 0 Å². The maximum Gasteiger partial charge on any atom is 0.161 e. The first-order valence-electron chi connectivity index (χ1n) is 6.02. The molecule has 0 aliphatic rings. The number of rotatable bonds is 4. The molecule has 0 aromatic heterocycles. The van der Waals surface area contributed by atoms with Gasteiger partial charge in [0.25, 0.3) is 0 Å². The smallest absolute Gasteiger partial charge is 0.161 e. The van der Waals surface area contributed by atoms with Crippen molar-refractivity contribution in [3.63, 3.8) is 0 Å². The fourth-order valence-electron chi connectivity index (χ4n) is 1.97. The maximum atomic E-state index is 10.7. The summed E-state index contributed by atoms with van der Waals surface area (Å²) in [5.74, 6) is 1.19. The molecule has 6 heteroatoms. The van der Waals surface area contributed by atoms with Gasteiger partial charge in [0.15, 0.2) is 11.5 Å². The Morgan fingerprint density at radius 2 is 1.52 bits per heavy atom. The highest BCUT2D eigenvalue weighted by molar-refractivity contribution is 14.1. The third-order valence-corrected chi connectivity index (χ3v) is 5.13. The normalized spacial score (nSPS) is 12.1. The molecule has 112 valence electrons. The van der Waals surface area contributed by atoms with Crippen LogP contribution in [0, 0.1) is 3.57 Å². The van der Waals surface area contributed by atoms with Gasteiger partial charge >= 0.3 is 0 Å². The second kappa shape index (κ2) is 7.30. The second-order valence-electron chi connectivity index (χ2n) is 4.30. The predicted octanol–water partition coefficient (Wildman–Crippen LogP) is 4.92. The molecular formula is C15H13Br2IO3. The van der Waals surface area contributed by atoms with E-state index in [1.165, 1.54) is 0 Å². The minimum atomic E-state index is -0.775. The van der Waals surface area contributed by atoms with Crippen LogP contribution < -0.4 is 9.47 Å². The Labute approximate surface area is 154 Å². The Morgan fingerprint density at radius 1 is 0.952 bits per heavy atom. The van der Waals surface area contributed by atoms with Gasteiger partial charge in [0.05, 0.1) is 14.2 Å². The summed E-state index contributed by atoms with van der Waals surface area (Å²) in [6, 6.07) is 9.41. The highest BCUT2D eigenvalue weighted by Gasteiger charge is 2.20. The molecule has 0 aliphatic carbocycles. The molecule has 0 amide bonds. The van der Waals surface area contributed by atoms with E-state index in [1.807, 2.05) is 18.2 Å². The molecule has 0 spiro atoms. The third kappa shape index (κ3) is 3.72. The van der Waals surface area contributed by atoms with Crippen LogP contribution in [-0.2, 0) is 0 Å². The molecule has 3 nitrogen and oxygen atoms in total. The van der Waals surface area contributed by atoms with Gasteiger partial charge in [-0.3, -0.25) is 0 Å². The third-order valence-electron chi connectivity index (χ3n) is 3.05. The lowest BCUT2D eigenvalue weighted by Gasteiger charge is -2.18. The first-order valence-corrected chi connectivity index (χ1v) is 8.68. The average Bonchev–Trinajstić information content (AvgIpc) is 2.48. The van der Waals surface area contributed by atoms with Gasteiger partial charge in [0.1, 0.15) is 6.10 Å². The van der Waals surface area contributed by atoms with Crippen LogP contribution in [0.1, 0.15) is 17.2 Å². The molecule has 1 atom stereocenters. The lowest BCUT2D eigenvalue weighted by atomic mass is 10.0. The SMILES string of the molecule is COc1cc(Br)c(C(O)c2cc(I)ccc2Br)cc1OC. The number of ether oxygens (including phenoxy) is 2. The summed E-state index contributed by atoms with van der Waals surface area (Å²) in [5, 5.41) is 10.7. The van der Waals surface area contributed by atoms with Crippen LogP contribution in [-0.4, -0.2) is 19.3 Å². The largest absolute Gasteiger partial charge is 0.493 e. The van der Waals surface area contributed by atoms with E-state index in [0.717, 1.165) is 23.6 Å². The van der Waals surface area contributed by atoms with E-state index >= 15 is 0 Å². The molecule has 1 unspecified atom stereocenters. The van der Waals surface area contributed by atoms with Crippen molar-refractivity contribution >= 4 is 54.5 Å². The summed E-state index contributed by atoms with van der Waals surface area (Å²) < 4.78 is 13.2. The van der Waals surface area contributed by atoms with Gasteiger partial charge in [0, 0.05) is 23.6 Å². The molecule has 0 saturated carbocycles. The number of aliphatic hydroxyl groups is 1. The summed E-state index contributed by atoms with van der Waals surface area (Å²) in [5.41, 5.74) is 1.52. The van der Waals surface area contributed by atoms with Crippen molar-refractivity contribution in [2.24, 2.45) is 0 Å². The number of hydrogen-bond donors (Lipinski definition) is 1. The summed E-state index contributed by atoms with van der Waals surface area (Å²) in [6.45, 7) is 0. The van der Waals surface area contributed by atoms with Crippen LogP contribution in [0.4, 0.5) is 0 Å². The quantitative estimate of drug-likeness (QED) is 0.574. The molecule has 0 saturated heterocycles. The van der Waals surface area contributed by atoms with Crippen molar-refractivity contribution in [1.29, 1.82) is 0 Å². The van der Waals surface area contributed by atoms with E-state index in [9.17, 15) is 5.11 Å². The van der Waals surface area contributed by atoms with Crippen LogP contribution in [0.15, 0.2) is 39.3 Å². The monoisotopic (exact) mass is 526 g/mol. The van der Waals surface area contributed by atoms with Gasteiger partial charge in [-0.1, -0.05) is 31.9 Å². The zero-order valence-electron chi connectivity index (χ0n) is 11.4. The Hall–Kier alpha value is -0.310. The molecule has 2 rings (SSSR count). The summed E-state index contributed by atoms with van der Waals surface area (Å²) in [7, 11) is 3.15. The van der Waals surface area contributed by atoms with E-state index in [1.54, 1.807) is 26.4 Å². The molecule has 0 bridgehead atoms. The van der Waals surface area contributed by atoms with Crippen LogP contribution >= 0.6 is 54.5 Å². The van der Waals surface area contributed by atoms with Gasteiger partial charge in [-0.25, -0.2) is 0 Å². The van der Waals surface area contributed by atoms with Crippen LogP contribution in [0.3, 0.4) is 0 Å². The van der Waals surface area contributed by atoms with E-state index in [-0.39, 0.29) is 0 Å². The highest BCUT2D eigenvalue weighted by Crippen LogP contribution is 2.39. The molecule has 0 radical (unpaired) electrons. The standard InChI is InChI=1S/C15H13Br2IO3/c1-20-13-6-10(12(17)7-14(13)21-2)15(19)9-5-8(18)3-4-11(9)16/h3-7,15,19H,1-2H3. The second-order valence-corrected chi connectivity index (χ2v) is 7.25. The molecule has 1 N–H and O–H groups in total. The summed E-state index contributed by atoms with van der Waals surface area (Å²) >= 11 is 9.18. The molecular weight excluding hydrogens is 515 g/mol. The first kappa shape index (κ1) is 17.1. The number of halogens is 3. The van der Waals surface area contributed by atoms with Gasteiger partial charge in [0.2, 0.25) is 0 Å². The Morgan fingerprint density at radius 3 is 2.14 bits per heavy atom. The average molecular weight is 528 g/mol. The number of benzene rings is 2. The van der Waals surface area contributed by atoms with E-state index in [0.29, 0.717) is 11.5 Å². The topological polar surface area (TPSA) is 38.7 Å². The Bertz CT molecular complexity index is 662. The fourth-order valence-corrected chi connectivity index (χ4v) is 3.49. The number of methoxy groups -OCH3 is 2. The Balaban J connectivity index is 2.52. The summed E-state index contributed by atoms with van der Waals surface area (Å²) in [6.07, 6.45) is -0.775. The molecule has 0 aliphatic heterocycles. The van der Waals surface area contributed by atoms with Crippen molar-refractivity contribution in [3.8, 4) is 11.5 Å². The van der Waals surface area contributed by atoms with Crippen molar-refractivity contribution in [1.82, 2.24) is 0 Å². The predicted molar refractivity (Wildman–Crippen MR) is 98.2 cm³/mol. The van der Waals surface area contributed by atoms with E-state index in [4.69, 9.17) is 9.47 Å². The van der Waals surface area contributed by atoms with Crippen LogP contribution in [0.25, 0.3) is 0 Å². The number of aliphatic hydroxyl groups excluding tert-OH is 1. The molecule has 21 heavy (non-hydrogen) atoms. The fraction of sp³-hybridized carbons (Fsp3) is 0.200. The van der Waals surface area contributed by atoms with Crippen LogP contribution in [0.5, 0.6) is 11.5 Å². The van der Waals surface area contributed by atoms with Crippen molar-refractivity contribution in [2.45, 2.75) is 6.10 Å².